The number of para-hydroxylation sites is 1. The number of carbonyl (C=O) groups is 1. The van der Waals surface area contributed by atoms with Crippen molar-refractivity contribution < 1.29 is 14.3 Å². The highest BCUT2D eigenvalue weighted by Gasteiger charge is 2.43. The third-order valence-electron chi connectivity index (χ3n) is 3.96. The normalized spacial score (nSPS) is 19.2. The molecule has 4 heteroatoms. The number of hydrogen-bond acceptors (Lipinski definition) is 3. The van der Waals surface area contributed by atoms with E-state index in [2.05, 4.69) is 0 Å². The van der Waals surface area contributed by atoms with Crippen LogP contribution < -0.4 is 4.90 Å². The Balaban J connectivity index is 1.75. The first-order valence-corrected chi connectivity index (χ1v) is 7.75. The van der Waals surface area contributed by atoms with Crippen LogP contribution in [0.3, 0.4) is 0 Å². The fraction of sp³-hybridized carbons (Fsp3) is 0.316. The van der Waals surface area contributed by atoms with Crippen LogP contribution in [-0.4, -0.2) is 24.8 Å². The van der Waals surface area contributed by atoms with Crippen LogP contribution in [0.15, 0.2) is 54.6 Å². The minimum Gasteiger partial charge on any atom is -0.444 e. The first kappa shape index (κ1) is 15.6. The number of epoxide rings is 1. The third-order valence-corrected chi connectivity index (χ3v) is 3.96. The van der Waals surface area contributed by atoms with E-state index in [1.807, 2.05) is 68.4 Å². The highest BCUT2D eigenvalue weighted by molar-refractivity contribution is 5.88. The summed E-state index contributed by atoms with van der Waals surface area (Å²) in [5.41, 5.74) is 2.60. The summed E-state index contributed by atoms with van der Waals surface area (Å²) >= 11 is 0. The lowest BCUT2D eigenvalue weighted by Gasteiger charge is -2.25. The van der Waals surface area contributed by atoms with Crippen LogP contribution in [0.5, 0.6) is 0 Å². The second-order valence-electron chi connectivity index (χ2n) is 6.15. The van der Waals surface area contributed by atoms with Crippen LogP contribution in [0.25, 0.3) is 0 Å². The molecule has 0 aliphatic carbocycles. The molecule has 0 bridgehead atoms. The summed E-state index contributed by atoms with van der Waals surface area (Å²) in [6.45, 7) is 5.41. The van der Waals surface area contributed by atoms with Crippen molar-refractivity contribution in [2.75, 3.05) is 18.1 Å². The Morgan fingerprint density at radius 2 is 1.83 bits per heavy atom. The van der Waals surface area contributed by atoms with Gasteiger partial charge in [-0.25, -0.2) is 4.79 Å². The van der Waals surface area contributed by atoms with Gasteiger partial charge in [-0.05, 0) is 31.0 Å². The predicted molar refractivity (Wildman–Crippen MR) is 89.5 cm³/mol. The van der Waals surface area contributed by atoms with Gasteiger partial charge in [-0.2, -0.15) is 0 Å². The van der Waals surface area contributed by atoms with Gasteiger partial charge in [0.25, 0.3) is 0 Å². The highest BCUT2D eigenvalue weighted by Crippen LogP contribution is 2.31. The first-order chi connectivity index (χ1) is 11.1. The van der Waals surface area contributed by atoms with E-state index in [1.54, 1.807) is 4.90 Å². The molecule has 3 rings (SSSR count). The molecule has 1 amide bonds. The van der Waals surface area contributed by atoms with Gasteiger partial charge in [-0.1, -0.05) is 48.5 Å². The fourth-order valence-corrected chi connectivity index (χ4v) is 2.46. The van der Waals surface area contributed by atoms with Gasteiger partial charge in [-0.3, -0.25) is 4.90 Å². The van der Waals surface area contributed by atoms with Gasteiger partial charge in [0.2, 0.25) is 0 Å². The molecule has 0 aromatic heterocycles. The zero-order chi connectivity index (χ0) is 16.3. The van der Waals surface area contributed by atoms with Gasteiger partial charge in [0, 0.05) is 0 Å². The summed E-state index contributed by atoms with van der Waals surface area (Å²) in [5, 5.41) is 0. The Kier molecular flexibility index (Phi) is 4.35. The largest absolute Gasteiger partial charge is 0.444 e. The molecule has 0 radical (unpaired) electrons. The number of nitrogens with zero attached hydrogens (tertiary/aromatic N) is 1. The standard InChI is InChI=1S/C19H21NO3/c1-15-8-6-7-11-17(15)20(13-19(2)14-23-19)18(21)22-12-16-9-4-3-5-10-16/h3-11H,12-14H2,1-2H3. The van der Waals surface area contributed by atoms with Crippen molar-refractivity contribution in [3.8, 4) is 0 Å². The van der Waals surface area contributed by atoms with Crippen LogP contribution in [-0.2, 0) is 16.1 Å². The zero-order valence-electron chi connectivity index (χ0n) is 13.5. The van der Waals surface area contributed by atoms with Crippen LogP contribution in [0.2, 0.25) is 0 Å². The number of rotatable bonds is 5. The Labute approximate surface area is 136 Å². The second kappa shape index (κ2) is 6.42. The van der Waals surface area contributed by atoms with Crippen LogP contribution >= 0.6 is 0 Å². The number of amides is 1. The van der Waals surface area contributed by atoms with E-state index >= 15 is 0 Å². The number of hydrogen-bond donors (Lipinski definition) is 0. The van der Waals surface area contributed by atoms with Crippen molar-refractivity contribution in [3.63, 3.8) is 0 Å². The molecule has 0 saturated carbocycles. The third kappa shape index (κ3) is 3.90. The monoisotopic (exact) mass is 311 g/mol. The molecule has 1 saturated heterocycles. The van der Waals surface area contributed by atoms with E-state index in [0.717, 1.165) is 16.8 Å². The molecule has 1 atom stereocenters. The van der Waals surface area contributed by atoms with E-state index in [1.165, 1.54) is 0 Å². The summed E-state index contributed by atoms with van der Waals surface area (Å²) in [5.74, 6) is 0. The molecule has 1 aliphatic rings. The maximum atomic E-state index is 12.6. The summed E-state index contributed by atoms with van der Waals surface area (Å²) < 4.78 is 11.0. The second-order valence-corrected chi connectivity index (χ2v) is 6.15. The van der Waals surface area contributed by atoms with Crippen molar-refractivity contribution in [3.05, 3.63) is 65.7 Å². The Morgan fingerprint density at radius 3 is 2.48 bits per heavy atom. The maximum absolute atomic E-state index is 12.6. The Morgan fingerprint density at radius 1 is 1.17 bits per heavy atom. The van der Waals surface area contributed by atoms with Crippen molar-refractivity contribution in [1.29, 1.82) is 0 Å². The molecule has 2 aromatic rings. The lowest BCUT2D eigenvalue weighted by Crippen LogP contribution is -2.39. The molecule has 0 N–H and O–H groups in total. The number of aryl methyl sites for hydroxylation is 1. The minimum atomic E-state index is -0.347. The zero-order valence-corrected chi connectivity index (χ0v) is 13.5. The van der Waals surface area contributed by atoms with E-state index in [9.17, 15) is 4.79 Å². The summed E-state index contributed by atoms with van der Waals surface area (Å²) in [4.78, 5) is 14.3. The lowest BCUT2D eigenvalue weighted by molar-refractivity contribution is 0.145. The van der Waals surface area contributed by atoms with Crippen molar-refractivity contribution in [2.24, 2.45) is 0 Å². The quantitative estimate of drug-likeness (QED) is 0.786. The molecule has 1 heterocycles. The average Bonchev–Trinajstić information content (AvgIpc) is 3.30. The summed E-state index contributed by atoms with van der Waals surface area (Å²) in [6.07, 6.45) is -0.347. The number of carbonyl (C=O) groups excluding carboxylic acids is 1. The van der Waals surface area contributed by atoms with Crippen molar-refractivity contribution in [1.82, 2.24) is 0 Å². The van der Waals surface area contributed by atoms with Crippen LogP contribution in [0, 0.1) is 6.92 Å². The maximum Gasteiger partial charge on any atom is 0.414 e. The molecular weight excluding hydrogens is 290 g/mol. The van der Waals surface area contributed by atoms with E-state index < -0.39 is 0 Å². The predicted octanol–water partition coefficient (Wildman–Crippen LogP) is 3.93. The van der Waals surface area contributed by atoms with E-state index in [-0.39, 0.29) is 18.3 Å². The van der Waals surface area contributed by atoms with Gasteiger partial charge in [0.05, 0.1) is 18.8 Å². The smallest absolute Gasteiger partial charge is 0.414 e. The number of anilines is 1. The summed E-state index contributed by atoms with van der Waals surface area (Å²) in [7, 11) is 0. The molecule has 1 aliphatic heterocycles. The number of benzene rings is 2. The fourth-order valence-electron chi connectivity index (χ4n) is 2.46. The van der Waals surface area contributed by atoms with E-state index in [0.29, 0.717) is 13.2 Å². The molecule has 1 unspecified atom stereocenters. The molecule has 1 fully saturated rings. The average molecular weight is 311 g/mol. The minimum absolute atomic E-state index is 0.264. The first-order valence-electron chi connectivity index (χ1n) is 7.75. The topological polar surface area (TPSA) is 42.1 Å². The molecule has 4 nitrogen and oxygen atoms in total. The van der Waals surface area contributed by atoms with E-state index in [4.69, 9.17) is 9.47 Å². The molecule has 120 valence electrons. The van der Waals surface area contributed by atoms with Crippen molar-refractivity contribution >= 4 is 11.8 Å². The summed E-state index contributed by atoms with van der Waals surface area (Å²) in [6, 6.07) is 17.5. The van der Waals surface area contributed by atoms with Crippen LogP contribution in [0.4, 0.5) is 10.5 Å². The number of ether oxygens (including phenoxy) is 2. The molecule has 0 spiro atoms. The molecule has 2 aromatic carbocycles. The van der Waals surface area contributed by atoms with Gasteiger partial charge < -0.3 is 9.47 Å². The van der Waals surface area contributed by atoms with Gasteiger partial charge >= 0.3 is 6.09 Å². The Hall–Kier alpha value is -2.33. The highest BCUT2D eigenvalue weighted by atomic mass is 16.6. The SMILES string of the molecule is Cc1ccccc1N(CC1(C)CO1)C(=O)OCc1ccccc1. The lowest BCUT2D eigenvalue weighted by atomic mass is 10.1. The van der Waals surface area contributed by atoms with Gasteiger partial charge in [0.1, 0.15) is 12.2 Å². The molecule has 23 heavy (non-hydrogen) atoms. The molecular formula is C19H21NO3. The van der Waals surface area contributed by atoms with Gasteiger partial charge in [0.15, 0.2) is 0 Å². The van der Waals surface area contributed by atoms with Crippen LogP contribution in [0.1, 0.15) is 18.1 Å². The van der Waals surface area contributed by atoms with Crippen molar-refractivity contribution in [2.45, 2.75) is 26.1 Å². The van der Waals surface area contributed by atoms with Gasteiger partial charge in [-0.15, -0.1) is 0 Å². The Bertz CT molecular complexity index is 680.